The van der Waals surface area contributed by atoms with E-state index in [1.165, 1.54) is 25.7 Å². The number of allylic oxidation sites excluding steroid dienone is 1. The normalized spacial score (nSPS) is 35.8. The Hall–Kier alpha value is -0.420. The monoisotopic (exact) mass is 338 g/mol. The fourth-order valence-corrected chi connectivity index (χ4v) is 4.21. The first-order valence-electron chi connectivity index (χ1n) is 10.1. The smallest absolute Gasteiger partial charge is 0.283 e. The maximum absolute atomic E-state index is 10.0. The van der Waals surface area contributed by atoms with Crippen molar-refractivity contribution in [2.24, 2.45) is 0 Å². The molecular formula is C20H34O4. The van der Waals surface area contributed by atoms with Crippen LogP contribution < -0.4 is 0 Å². The molecule has 24 heavy (non-hydrogen) atoms. The minimum atomic E-state index is -0.781. The van der Waals surface area contributed by atoms with E-state index in [-0.39, 0.29) is 6.10 Å². The predicted octanol–water partition coefficient (Wildman–Crippen LogP) is 4.45. The Balaban J connectivity index is 1.28. The van der Waals surface area contributed by atoms with Gasteiger partial charge in [-0.1, -0.05) is 51.2 Å². The molecule has 4 bridgehead atoms. The van der Waals surface area contributed by atoms with Crippen molar-refractivity contribution < 1.29 is 19.3 Å². The highest BCUT2D eigenvalue weighted by Gasteiger charge is 2.54. The molecule has 138 valence electrons. The van der Waals surface area contributed by atoms with E-state index in [1.807, 2.05) is 0 Å². The third-order valence-corrected chi connectivity index (χ3v) is 5.45. The highest BCUT2D eigenvalue weighted by molar-refractivity contribution is 4.93. The molecule has 1 atom stereocenters. The van der Waals surface area contributed by atoms with Crippen LogP contribution in [-0.4, -0.2) is 35.5 Å². The van der Waals surface area contributed by atoms with E-state index in [1.54, 1.807) is 0 Å². The van der Waals surface area contributed by atoms with Crippen molar-refractivity contribution in [1.29, 1.82) is 0 Å². The van der Waals surface area contributed by atoms with Crippen molar-refractivity contribution >= 4 is 0 Å². The zero-order chi connectivity index (χ0) is 16.8. The van der Waals surface area contributed by atoms with E-state index in [9.17, 15) is 5.11 Å². The first kappa shape index (κ1) is 18.4. The molecule has 0 spiro atoms. The molecule has 1 aliphatic carbocycles. The Kier molecular flexibility index (Phi) is 6.73. The Morgan fingerprint density at radius 1 is 0.958 bits per heavy atom. The molecule has 0 unspecified atom stereocenters. The first-order chi connectivity index (χ1) is 11.7. The van der Waals surface area contributed by atoms with Gasteiger partial charge in [-0.3, -0.25) is 0 Å². The van der Waals surface area contributed by atoms with Crippen LogP contribution in [0.2, 0.25) is 0 Å². The van der Waals surface area contributed by atoms with Crippen molar-refractivity contribution in [2.45, 2.75) is 114 Å². The van der Waals surface area contributed by atoms with Crippen LogP contribution in [0.4, 0.5) is 0 Å². The number of hydrogen-bond acceptors (Lipinski definition) is 4. The summed E-state index contributed by atoms with van der Waals surface area (Å²) >= 11 is 0. The second-order valence-corrected chi connectivity index (χ2v) is 7.71. The molecule has 0 aromatic heterocycles. The SMILES string of the molecule is CCCCCCC[C@H](O)C/C=C/CCC12OC3CC(CC(C3)O1)O2. The summed E-state index contributed by atoms with van der Waals surface area (Å²) in [7, 11) is 0. The van der Waals surface area contributed by atoms with Crippen molar-refractivity contribution in [3.8, 4) is 0 Å². The number of unbranched alkanes of at least 4 members (excludes halogenated alkanes) is 4. The quantitative estimate of drug-likeness (QED) is 0.446. The van der Waals surface area contributed by atoms with Gasteiger partial charge in [0.2, 0.25) is 0 Å². The third-order valence-electron chi connectivity index (χ3n) is 5.45. The van der Waals surface area contributed by atoms with Crippen LogP contribution in [0.3, 0.4) is 0 Å². The molecule has 0 radical (unpaired) electrons. The zero-order valence-corrected chi connectivity index (χ0v) is 15.1. The van der Waals surface area contributed by atoms with Crippen LogP contribution in [0.5, 0.6) is 0 Å². The van der Waals surface area contributed by atoms with E-state index in [0.717, 1.165) is 51.4 Å². The largest absolute Gasteiger partial charge is 0.393 e. The second-order valence-electron chi connectivity index (χ2n) is 7.71. The summed E-state index contributed by atoms with van der Waals surface area (Å²) in [6.45, 7) is 2.23. The molecule has 4 nitrogen and oxygen atoms in total. The standard InChI is InChI=1S/C20H34O4/c1-2-3-4-5-7-10-16(21)11-8-6-9-12-20-22-17-13-18(23-20)15-19(14-17)24-20/h6,8,16-19,21H,2-5,7,9-15H2,1H3/b8-6+/t16-,17?,18?,19?,20?/m0/s1. The third kappa shape index (κ3) is 5.04. The average Bonchev–Trinajstić information content (AvgIpc) is 2.53. The number of aliphatic hydroxyl groups is 1. The summed E-state index contributed by atoms with van der Waals surface area (Å²) in [4.78, 5) is 0. The first-order valence-corrected chi connectivity index (χ1v) is 10.1. The van der Waals surface area contributed by atoms with Gasteiger partial charge in [-0.25, -0.2) is 0 Å². The highest BCUT2D eigenvalue weighted by Crippen LogP contribution is 2.46. The van der Waals surface area contributed by atoms with Crippen LogP contribution >= 0.6 is 0 Å². The molecule has 1 N–H and O–H groups in total. The molecule has 0 aromatic rings. The topological polar surface area (TPSA) is 47.9 Å². The molecule has 4 aliphatic rings. The lowest BCUT2D eigenvalue weighted by Gasteiger charge is -2.55. The van der Waals surface area contributed by atoms with Crippen molar-refractivity contribution in [1.82, 2.24) is 0 Å². The van der Waals surface area contributed by atoms with Gasteiger partial charge in [0.15, 0.2) is 0 Å². The van der Waals surface area contributed by atoms with Crippen LogP contribution in [0, 0.1) is 0 Å². The van der Waals surface area contributed by atoms with Crippen LogP contribution in [-0.2, 0) is 14.2 Å². The second kappa shape index (κ2) is 8.79. The van der Waals surface area contributed by atoms with Gasteiger partial charge in [-0.2, -0.15) is 0 Å². The van der Waals surface area contributed by atoms with Gasteiger partial charge in [-0.15, -0.1) is 0 Å². The van der Waals surface area contributed by atoms with Crippen molar-refractivity contribution in [3.63, 3.8) is 0 Å². The lowest BCUT2D eigenvalue weighted by molar-refractivity contribution is -0.495. The lowest BCUT2D eigenvalue weighted by atomic mass is 9.89. The van der Waals surface area contributed by atoms with Gasteiger partial charge >= 0.3 is 0 Å². The van der Waals surface area contributed by atoms with Gasteiger partial charge in [0.1, 0.15) is 0 Å². The van der Waals surface area contributed by atoms with Crippen molar-refractivity contribution in [2.75, 3.05) is 0 Å². The van der Waals surface area contributed by atoms with Gasteiger partial charge in [0.05, 0.1) is 24.4 Å². The Labute approximate surface area is 146 Å². The Morgan fingerprint density at radius 3 is 2.21 bits per heavy atom. The Bertz CT molecular complexity index is 371. The van der Waals surface area contributed by atoms with Crippen LogP contribution in [0.25, 0.3) is 0 Å². The summed E-state index contributed by atoms with van der Waals surface area (Å²) in [6.07, 6.45) is 17.6. The van der Waals surface area contributed by atoms with Gasteiger partial charge in [0.25, 0.3) is 5.97 Å². The van der Waals surface area contributed by atoms with Crippen LogP contribution in [0.15, 0.2) is 12.2 Å². The Morgan fingerprint density at radius 2 is 1.58 bits per heavy atom. The summed E-state index contributed by atoms with van der Waals surface area (Å²) < 4.78 is 18.0. The summed E-state index contributed by atoms with van der Waals surface area (Å²) in [5, 5.41) is 10.0. The predicted molar refractivity (Wildman–Crippen MR) is 93.6 cm³/mol. The fourth-order valence-electron chi connectivity index (χ4n) is 4.21. The van der Waals surface area contributed by atoms with E-state index >= 15 is 0 Å². The minimum absolute atomic E-state index is 0.203. The maximum atomic E-state index is 10.0. The molecule has 0 aromatic carbocycles. The summed E-state index contributed by atoms with van der Waals surface area (Å²) in [5.74, 6) is -0.781. The number of rotatable bonds is 11. The minimum Gasteiger partial charge on any atom is -0.393 e. The van der Waals surface area contributed by atoms with E-state index < -0.39 is 5.97 Å². The molecule has 3 aliphatic heterocycles. The van der Waals surface area contributed by atoms with Gasteiger partial charge < -0.3 is 19.3 Å². The molecular weight excluding hydrogens is 304 g/mol. The molecule has 1 saturated carbocycles. The zero-order valence-electron chi connectivity index (χ0n) is 15.1. The molecule has 3 saturated heterocycles. The lowest BCUT2D eigenvalue weighted by Crippen LogP contribution is -2.62. The summed E-state index contributed by atoms with van der Waals surface area (Å²) in [5.41, 5.74) is 0. The fraction of sp³-hybridized carbons (Fsp3) is 0.900. The van der Waals surface area contributed by atoms with E-state index in [4.69, 9.17) is 14.2 Å². The van der Waals surface area contributed by atoms with Crippen LogP contribution in [0.1, 0.15) is 84.0 Å². The maximum Gasteiger partial charge on any atom is 0.283 e. The number of hydrogen-bond donors (Lipinski definition) is 1. The van der Waals surface area contributed by atoms with Gasteiger partial charge in [0, 0.05) is 25.7 Å². The number of aliphatic hydroxyl groups excluding tert-OH is 1. The van der Waals surface area contributed by atoms with E-state index in [2.05, 4.69) is 19.1 Å². The average molecular weight is 338 g/mol. The molecule has 3 heterocycles. The molecule has 0 amide bonds. The summed E-state index contributed by atoms with van der Waals surface area (Å²) in [6, 6.07) is 0. The van der Waals surface area contributed by atoms with Crippen molar-refractivity contribution in [3.05, 3.63) is 12.2 Å². The molecule has 4 rings (SSSR count). The van der Waals surface area contributed by atoms with E-state index in [0.29, 0.717) is 18.3 Å². The molecule has 4 heteroatoms. The number of ether oxygens (including phenoxy) is 3. The highest BCUT2D eigenvalue weighted by atomic mass is 16.9. The van der Waals surface area contributed by atoms with Gasteiger partial charge in [-0.05, 0) is 19.3 Å². The molecule has 4 fully saturated rings.